The van der Waals surface area contributed by atoms with Crippen molar-refractivity contribution in [2.75, 3.05) is 5.73 Å². The van der Waals surface area contributed by atoms with E-state index < -0.39 is 0 Å². The first-order valence-corrected chi connectivity index (χ1v) is 4.95. The number of rotatable bonds is 2. The number of aromatic nitrogens is 1. The Balaban J connectivity index is 2.29. The zero-order valence-corrected chi connectivity index (χ0v) is 8.29. The number of carbonyl (C=O) groups excluding carboxylic acids is 1. The van der Waals surface area contributed by atoms with Crippen molar-refractivity contribution in [3.63, 3.8) is 0 Å². The van der Waals surface area contributed by atoms with E-state index in [0.717, 1.165) is 24.8 Å². The summed E-state index contributed by atoms with van der Waals surface area (Å²) in [5.41, 5.74) is 7.27. The van der Waals surface area contributed by atoms with E-state index in [4.69, 9.17) is 5.73 Å². The van der Waals surface area contributed by atoms with E-state index in [2.05, 4.69) is 4.98 Å². The van der Waals surface area contributed by atoms with Gasteiger partial charge in [-0.2, -0.15) is 0 Å². The molecule has 0 atom stereocenters. The molecule has 2 N–H and O–H groups in total. The number of Topliss-reactive ketones (excluding diaryl/α,β-unsaturated/α-hetero) is 1. The zero-order chi connectivity index (χ0) is 10.1. The topological polar surface area (TPSA) is 56.0 Å². The van der Waals surface area contributed by atoms with Gasteiger partial charge in [-0.15, -0.1) is 0 Å². The van der Waals surface area contributed by atoms with Crippen molar-refractivity contribution in [1.29, 1.82) is 0 Å². The van der Waals surface area contributed by atoms with Crippen molar-refractivity contribution in [1.82, 2.24) is 4.98 Å². The molecule has 1 heterocycles. The third kappa shape index (κ3) is 1.50. The lowest BCUT2D eigenvalue weighted by Gasteiger charge is -2.24. The predicted molar refractivity (Wildman–Crippen MR) is 55.1 cm³/mol. The molecule has 1 saturated carbocycles. The Morgan fingerprint density at radius 1 is 1.57 bits per heavy atom. The van der Waals surface area contributed by atoms with Crippen LogP contribution in [0, 0.1) is 12.8 Å². The van der Waals surface area contributed by atoms with Gasteiger partial charge >= 0.3 is 0 Å². The van der Waals surface area contributed by atoms with Gasteiger partial charge in [-0.3, -0.25) is 4.79 Å². The van der Waals surface area contributed by atoms with Gasteiger partial charge < -0.3 is 5.73 Å². The highest BCUT2D eigenvalue weighted by Gasteiger charge is 2.27. The number of nitrogens with zero attached hydrogens (tertiary/aromatic N) is 1. The minimum Gasteiger partial charge on any atom is -0.383 e. The molecule has 3 heteroatoms. The molecule has 0 aromatic carbocycles. The number of hydrogen-bond donors (Lipinski definition) is 1. The van der Waals surface area contributed by atoms with E-state index >= 15 is 0 Å². The largest absolute Gasteiger partial charge is 0.383 e. The molecule has 0 amide bonds. The fourth-order valence-electron chi connectivity index (χ4n) is 1.67. The first-order chi connectivity index (χ1) is 6.68. The summed E-state index contributed by atoms with van der Waals surface area (Å²) < 4.78 is 0. The van der Waals surface area contributed by atoms with E-state index in [1.807, 2.05) is 13.0 Å². The molecule has 3 nitrogen and oxygen atoms in total. The quantitative estimate of drug-likeness (QED) is 0.725. The number of aryl methyl sites for hydroxylation is 1. The molecule has 1 aromatic rings. The van der Waals surface area contributed by atoms with Crippen LogP contribution in [-0.2, 0) is 0 Å². The van der Waals surface area contributed by atoms with Crippen LogP contribution in [0.4, 0.5) is 5.82 Å². The maximum absolute atomic E-state index is 11.9. The average molecular weight is 190 g/mol. The van der Waals surface area contributed by atoms with Gasteiger partial charge in [0.05, 0.1) is 5.56 Å². The second-order valence-electron chi connectivity index (χ2n) is 3.94. The predicted octanol–water partition coefficient (Wildman–Crippen LogP) is 1.96. The van der Waals surface area contributed by atoms with Crippen molar-refractivity contribution in [3.8, 4) is 0 Å². The Hall–Kier alpha value is -1.38. The molecule has 0 aliphatic heterocycles. The van der Waals surface area contributed by atoms with Crippen LogP contribution in [0.5, 0.6) is 0 Å². The van der Waals surface area contributed by atoms with Crippen LogP contribution in [0.1, 0.15) is 35.2 Å². The molecule has 74 valence electrons. The van der Waals surface area contributed by atoms with Gasteiger partial charge in [0.2, 0.25) is 0 Å². The van der Waals surface area contributed by atoms with Crippen LogP contribution in [0.15, 0.2) is 12.3 Å². The number of anilines is 1. The highest BCUT2D eigenvalue weighted by Crippen LogP contribution is 2.31. The van der Waals surface area contributed by atoms with Crippen LogP contribution in [-0.4, -0.2) is 10.8 Å². The Morgan fingerprint density at radius 3 is 2.86 bits per heavy atom. The van der Waals surface area contributed by atoms with Gasteiger partial charge in [0.1, 0.15) is 5.82 Å². The Labute approximate surface area is 83.3 Å². The lowest BCUT2D eigenvalue weighted by atomic mass is 9.80. The fourth-order valence-corrected chi connectivity index (χ4v) is 1.67. The second-order valence-corrected chi connectivity index (χ2v) is 3.94. The van der Waals surface area contributed by atoms with E-state index in [1.54, 1.807) is 6.20 Å². The summed E-state index contributed by atoms with van der Waals surface area (Å²) in [5, 5.41) is 0. The molecule has 0 radical (unpaired) electrons. The smallest absolute Gasteiger partial charge is 0.169 e. The summed E-state index contributed by atoms with van der Waals surface area (Å²) in [5.74, 6) is 0.735. The molecule has 1 aliphatic rings. The fraction of sp³-hybridized carbons (Fsp3) is 0.455. The van der Waals surface area contributed by atoms with Gasteiger partial charge in [-0.05, 0) is 31.4 Å². The third-order valence-electron chi connectivity index (χ3n) is 2.80. The molecule has 14 heavy (non-hydrogen) atoms. The third-order valence-corrected chi connectivity index (χ3v) is 2.80. The molecule has 2 rings (SSSR count). The molecule has 1 fully saturated rings. The summed E-state index contributed by atoms with van der Waals surface area (Å²) in [4.78, 5) is 15.9. The number of nitrogen functional groups attached to an aromatic ring is 1. The van der Waals surface area contributed by atoms with Crippen LogP contribution >= 0.6 is 0 Å². The van der Waals surface area contributed by atoms with Gasteiger partial charge in [0.25, 0.3) is 0 Å². The van der Waals surface area contributed by atoms with E-state index in [1.165, 1.54) is 0 Å². The maximum atomic E-state index is 11.9. The first-order valence-electron chi connectivity index (χ1n) is 4.95. The van der Waals surface area contributed by atoms with Gasteiger partial charge in [-0.25, -0.2) is 4.98 Å². The molecule has 0 bridgehead atoms. The summed E-state index contributed by atoms with van der Waals surface area (Å²) in [7, 11) is 0. The maximum Gasteiger partial charge on any atom is 0.169 e. The number of nitrogens with two attached hydrogens (primary N) is 1. The highest BCUT2D eigenvalue weighted by atomic mass is 16.1. The van der Waals surface area contributed by atoms with Crippen molar-refractivity contribution < 1.29 is 4.79 Å². The van der Waals surface area contributed by atoms with Gasteiger partial charge in [0.15, 0.2) is 5.78 Å². The molecular formula is C11H14N2O. The number of carbonyl (C=O) groups is 1. The lowest BCUT2D eigenvalue weighted by molar-refractivity contribution is 0.0856. The SMILES string of the molecule is Cc1cnc(N)c(C(=O)C2CCC2)c1. The number of ketones is 1. The normalized spacial score (nSPS) is 16.4. The summed E-state index contributed by atoms with van der Waals surface area (Å²) in [6.07, 6.45) is 4.86. The van der Waals surface area contributed by atoms with E-state index in [9.17, 15) is 4.79 Å². The molecule has 0 unspecified atom stereocenters. The van der Waals surface area contributed by atoms with Crippen molar-refractivity contribution in [2.24, 2.45) is 5.92 Å². The molecular weight excluding hydrogens is 176 g/mol. The average Bonchev–Trinajstić information content (AvgIpc) is 2.06. The molecule has 0 saturated heterocycles. The summed E-state index contributed by atoms with van der Waals surface area (Å²) >= 11 is 0. The lowest BCUT2D eigenvalue weighted by Crippen LogP contribution is -2.23. The number of hydrogen-bond acceptors (Lipinski definition) is 3. The van der Waals surface area contributed by atoms with Crippen molar-refractivity contribution in [2.45, 2.75) is 26.2 Å². The highest BCUT2D eigenvalue weighted by molar-refractivity contribution is 6.02. The Morgan fingerprint density at radius 2 is 2.29 bits per heavy atom. The molecule has 0 spiro atoms. The summed E-state index contributed by atoms with van der Waals surface area (Å²) in [6.45, 7) is 1.92. The van der Waals surface area contributed by atoms with Gasteiger partial charge in [0, 0.05) is 12.1 Å². The van der Waals surface area contributed by atoms with Crippen molar-refractivity contribution in [3.05, 3.63) is 23.4 Å². The van der Waals surface area contributed by atoms with Gasteiger partial charge in [-0.1, -0.05) is 6.42 Å². The Bertz CT molecular complexity index is 370. The van der Waals surface area contributed by atoms with Crippen molar-refractivity contribution >= 4 is 11.6 Å². The first kappa shape index (κ1) is 9.19. The van der Waals surface area contributed by atoms with Crippen LogP contribution < -0.4 is 5.73 Å². The zero-order valence-electron chi connectivity index (χ0n) is 8.29. The minimum atomic E-state index is 0.171. The van der Waals surface area contributed by atoms with Crippen LogP contribution in [0.2, 0.25) is 0 Å². The minimum absolute atomic E-state index is 0.171. The standard InChI is InChI=1S/C11H14N2O/c1-7-5-9(11(12)13-6-7)10(14)8-3-2-4-8/h5-6,8H,2-4H2,1H3,(H2,12,13). The van der Waals surface area contributed by atoms with E-state index in [0.29, 0.717) is 11.4 Å². The molecule has 1 aliphatic carbocycles. The Kier molecular flexibility index (Phi) is 2.23. The van der Waals surface area contributed by atoms with Crippen LogP contribution in [0.3, 0.4) is 0 Å². The monoisotopic (exact) mass is 190 g/mol. The second kappa shape index (κ2) is 3.40. The van der Waals surface area contributed by atoms with Crippen LogP contribution in [0.25, 0.3) is 0 Å². The number of pyridine rings is 1. The molecule has 1 aromatic heterocycles. The summed E-state index contributed by atoms with van der Waals surface area (Å²) in [6, 6.07) is 1.84. The van der Waals surface area contributed by atoms with E-state index in [-0.39, 0.29) is 11.7 Å².